The molecule has 0 saturated heterocycles. The molecule has 0 fully saturated rings. The quantitative estimate of drug-likeness (QED) is 0.751. The molecule has 0 aliphatic rings. The van der Waals surface area contributed by atoms with Crippen molar-refractivity contribution < 1.29 is 10.2 Å². The van der Waals surface area contributed by atoms with Crippen LogP contribution in [0.2, 0.25) is 0 Å². The van der Waals surface area contributed by atoms with Crippen LogP contribution in [-0.4, -0.2) is 25.2 Å². The molecule has 5 nitrogen and oxygen atoms in total. The van der Waals surface area contributed by atoms with Gasteiger partial charge in [0.05, 0.1) is 12.2 Å². The van der Waals surface area contributed by atoms with Crippen LogP contribution in [0.25, 0.3) is 0 Å². The predicted molar refractivity (Wildman–Crippen MR) is 95.9 cm³/mol. The first kappa shape index (κ1) is 17.3. The smallest absolute Gasteiger partial charge is 0.133 e. The summed E-state index contributed by atoms with van der Waals surface area (Å²) in [5.74, 6) is 0. The first-order valence-corrected chi connectivity index (χ1v) is 8.29. The summed E-state index contributed by atoms with van der Waals surface area (Å²) in [4.78, 5) is 0. The van der Waals surface area contributed by atoms with Gasteiger partial charge in [-0.3, -0.25) is 0 Å². The van der Waals surface area contributed by atoms with Gasteiger partial charge in [0.25, 0.3) is 0 Å². The van der Waals surface area contributed by atoms with Gasteiger partial charge in [-0.2, -0.15) is 0 Å². The minimum Gasteiger partial charge on any atom is -0.384 e. The molecule has 1 aromatic heterocycles. The zero-order valence-corrected chi connectivity index (χ0v) is 14.7. The minimum atomic E-state index is -1.36. The molecule has 25 heavy (non-hydrogen) atoms. The summed E-state index contributed by atoms with van der Waals surface area (Å²) in [5, 5.41) is 30.3. The molecule has 0 amide bonds. The fourth-order valence-corrected chi connectivity index (χ4v) is 3.01. The van der Waals surface area contributed by atoms with Gasteiger partial charge in [0.1, 0.15) is 16.9 Å². The third-order valence-electron chi connectivity index (χ3n) is 4.29. The van der Waals surface area contributed by atoms with E-state index in [4.69, 9.17) is 0 Å². The van der Waals surface area contributed by atoms with E-state index in [1.54, 1.807) is 25.5 Å². The van der Waals surface area contributed by atoms with Gasteiger partial charge in [-0.1, -0.05) is 65.9 Å². The highest BCUT2D eigenvalue weighted by atomic mass is 16.3. The molecule has 0 bridgehead atoms. The summed E-state index contributed by atoms with van der Waals surface area (Å²) in [6.45, 7) is 5.50. The van der Waals surface area contributed by atoms with Crippen molar-refractivity contribution in [3.63, 3.8) is 0 Å². The second-order valence-electron chi connectivity index (χ2n) is 6.93. The molecule has 3 aromatic rings. The number of benzene rings is 2. The van der Waals surface area contributed by atoms with E-state index >= 15 is 0 Å². The van der Waals surface area contributed by atoms with E-state index in [0.717, 1.165) is 5.56 Å². The van der Waals surface area contributed by atoms with Crippen LogP contribution in [0.3, 0.4) is 0 Å². The summed E-state index contributed by atoms with van der Waals surface area (Å²) >= 11 is 0. The van der Waals surface area contributed by atoms with Crippen LogP contribution in [0.4, 0.5) is 0 Å². The van der Waals surface area contributed by atoms with Crippen molar-refractivity contribution in [3.8, 4) is 0 Å². The fourth-order valence-electron chi connectivity index (χ4n) is 3.01. The van der Waals surface area contributed by atoms with E-state index in [-0.39, 0.29) is 0 Å². The van der Waals surface area contributed by atoms with Crippen LogP contribution in [0.5, 0.6) is 0 Å². The summed E-state index contributed by atoms with van der Waals surface area (Å²) in [5.41, 5.74) is 0.0566. The van der Waals surface area contributed by atoms with E-state index in [1.165, 1.54) is 0 Å². The molecule has 130 valence electrons. The van der Waals surface area contributed by atoms with E-state index in [2.05, 4.69) is 10.3 Å². The Labute approximate surface area is 147 Å². The lowest BCUT2D eigenvalue weighted by Gasteiger charge is -2.27. The van der Waals surface area contributed by atoms with Crippen LogP contribution in [0, 0.1) is 0 Å². The van der Waals surface area contributed by atoms with E-state index in [1.807, 2.05) is 60.7 Å². The Kier molecular flexibility index (Phi) is 4.45. The molecule has 5 heteroatoms. The standard InChI is InChI=1S/C20H23N3O2/c1-19(2,24)18-17(20(3,25)16-12-8-5-9-13-16)21-22-23(18)14-15-10-6-4-7-11-15/h4-13,24-25H,14H2,1-3H3/t20-/m0/s1. The van der Waals surface area contributed by atoms with Crippen LogP contribution < -0.4 is 0 Å². The number of aromatic nitrogens is 3. The van der Waals surface area contributed by atoms with Gasteiger partial charge in [0.2, 0.25) is 0 Å². The van der Waals surface area contributed by atoms with Crippen molar-refractivity contribution in [2.75, 3.05) is 0 Å². The molecule has 0 spiro atoms. The molecule has 0 saturated carbocycles. The predicted octanol–water partition coefficient (Wildman–Crippen LogP) is 2.81. The third-order valence-corrected chi connectivity index (χ3v) is 4.29. The number of nitrogens with zero attached hydrogens (tertiary/aromatic N) is 3. The second kappa shape index (κ2) is 6.43. The summed E-state index contributed by atoms with van der Waals surface area (Å²) < 4.78 is 1.65. The highest BCUT2D eigenvalue weighted by molar-refractivity contribution is 5.35. The average Bonchev–Trinajstić information content (AvgIpc) is 3.01. The van der Waals surface area contributed by atoms with Crippen LogP contribution in [0.1, 0.15) is 43.3 Å². The average molecular weight is 337 g/mol. The van der Waals surface area contributed by atoms with Gasteiger partial charge < -0.3 is 10.2 Å². The van der Waals surface area contributed by atoms with Gasteiger partial charge in [0.15, 0.2) is 0 Å². The zero-order valence-electron chi connectivity index (χ0n) is 14.7. The SMILES string of the molecule is CC(C)(O)c1c([C@@](C)(O)c2ccccc2)nnn1Cc1ccccc1. The summed E-state index contributed by atoms with van der Waals surface area (Å²) in [6, 6.07) is 19.1. The van der Waals surface area contributed by atoms with E-state index in [9.17, 15) is 10.2 Å². The molecule has 1 heterocycles. The van der Waals surface area contributed by atoms with Crippen LogP contribution >= 0.6 is 0 Å². The van der Waals surface area contributed by atoms with Gasteiger partial charge in [-0.25, -0.2) is 4.68 Å². The number of hydrogen-bond acceptors (Lipinski definition) is 4. The van der Waals surface area contributed by atoms with Crippen molar-refractivity contribution >= 4 is 0 Å². The largest absolute Gasteiger partial charge is 0.384 e. The molecule has 0 radical (unpaired) electrons. The molecule has 2 N–H and O–H groups in total. The Hall–Kier alpha value is -2.50. The van der Waals surface area contributed by atoms with Crippen molar-refractivity contribution in [2.24, 2.45) is 0 Å². The Morgan fingerprint density at radius 2 is 1.44 bits per heavy atom. The molecule has 0 aliphatic carbocycles. The normalized spacial score (nSPS) is 14.3. The van der Waals surface area contributed by atoms with Crippen molar-refractivity contribution in [1.82, 2.24) is 15.0 Å². The Morgan fingerprint density at radius 1 is 0.880 bits per heavy atom. The number of aliphatic hydroxyl groups is 2. The van der Waals surface area contributed by atoms with Gasteiger partial charge >= 0.3 is 0 Å². The molecule has 3 rings (SSSR count). The Morgan fingerprint density at radius 3 is 2.00 bits per heavy atom. The summed E-state index contributed by atoms with van der Waals surface area (Å²) in [6.07, 6.45) is 0. The monoisotopic (exact) mass is 337 g/mol. The first-order valence-electron chi connectivity index (χ1n) is 8.29. The Bertz CT molecular complexity index is 834. The highest BCUT2D eigenvalue weighted by Crippen LogP contribution is 2.34. The summed E-state index contributed by atoms with van der Waals surface area (Å²) in [7, 11) is 0. The second-order valence-corrected chi connectivity index (χ2v) is 6.93. The van der Waals surface area contributed by atoms with Crippen LogP contribution in [0.15, 0.2) is 60.7 Å². The topological polar surface area (TPSA) is 71.2 Å². The Balaban J connectivity index is 2.09. The number of rotatable bonds is 5. The number of hydrogen-bond donors (Lipinski definition) is 2. The van der Waals surface area contributed by atoms with Crippen molar-refractivity contribution in [2.45, 2.75) is 38.5 Å². The lowest BCUT2D eigenvalue weighted by molar-refractivity contribution is 0.0531. The lowest BCUT2D eigenvalue weighted by Crippen LogP contribution is -2.31. The molecule has 1 atom stereocenters. The van der Waals surface area contributed by atoms with Gasteiger partial charge in [0, 0.05) is 0 Å². The fraction of sp³-hybridized carbons (Fsp3) is 0.300. The molecule has 2 aromatic carbocycles. The molecular weight excluding hydrogens is 314 g/mol. The molecular formula is C20H23N3O2. The van der Waals surface area contributed by atoms with Gasteiger partial charge in [-0.05, 0) is 31.9 Å². The molecule has 0 unspecified atom stereocenters. The minimum absolute atomic E-state index is 0.363. The van der Waals surface area contributed by atoms with Gasteiger partial charge in [-0.15, -0.1) is 5.10 Å². The maximum atomic E-state index is 11.2. The van der Waals surface area contributed by atoms with Crippen molar-refractivity contribution in [1.29, 1.82) is 0 Å². The third kappa shape index (κ3) is 3.48. The molecule has 0 aliphatic heterocycles. The van der Waals surface area contributed by atoms with E-state index < -0.39 is 11.2 Å². The lowest BCUT2D eigenvalue weighted by atomic mass is 9.87. The maximum Gasteiger partial charge on any atom is 0.133 e. The van der Waals surface area contributed by atoms with Crippen molar-refractivity contribution in [3.05, 3.63) is 83.2 Å². The maximum absolute atomic E-state index is 11.2. The van der Waals surface area contributed by atoms with E-state index in [0.29, 0.717) is 23.5 Å². The zero-order chi connectivity index (χ0) is 18.1. The highest BCUT2D eigenvalue weighted by Gasteiger charge is 2.38. The van der Waals surface area contributed by atoms with Crippen LogP contribution in [-0.2, 0) is 17.7 Å². The first-order chi connectivity index (χ1) is 11.8.